The van der Waals surface area contributed by atoms with Crippen LogP contribution in [0.3, 0.4) is 0 Å². The molecule has 0 spiro atoms. The minimum Gasteiger partial charge on any atom is -0.350 e. The highest BCUT2D eigenvalue weighted by atomic mass is 16.1. The van der Waals surface area contributed by atoms with Crippen LogP contribution in [0.1, 0.15) is 44.7 Å². The second kappa shape index (κ2) is 8.95. The Hall–Kier alpha value is -2.20. The number of nitrogens with one attached hydrogen (secondary N) is 2. The lowest BCUT2D eigenvalue weighted by molar-refractivity contribution is -0.123. The third-order valence-corrected chi connectivity index (χ3v) is 5.43. The van der Waals surface area contributed by atoms with Gasteiger partial charge in [0.05, 0.1) is 6.04 Å². The Balaban J connectivity index is 1.53. The van der Waals surface area contributed by atoms with Crippen molar-refractivity contribution in [2.45, 2.75) is 39.2 Å². The highest BCUT2D eigenvalue weighted by molar-refractivity contribution is 5.76. The van der Waals surface area contributed by atoms with Crippen molar-refractivity contribution in [1.29, 1.82) is 0 Å². The van der Waals surface area contributed by atoms with Gasteiger partial charge in [0.1, 0.15) is 0 Å². The monoisotopic (exact) mass is 351 g/mol. The molecule has 3 atom stereocenters. The molecule has 4 heteroatoms. The highest BCUT2D eigenvalue weighted by Crippen LogP contribution is 2.24. The highest BCUT2D eigenvalue weighted by Gasteiger charge is 2.22. The Morgan fingerprint density at radius 3 is 2.69 bits per heavy atom. The van der Waals surface area contributed by atoms with Crippen molar-refractivity contribution in [3.8, 4) is 11.1 Å². The molecule has 0 aliphatic carbocycles. The van der Waals surface area contributed by atoms with E-state index in [9.17, 15) is 4.79 Å². The smallest absolute Gasteiger partial charge is 0.220 e. The number of carbonyl (C=O) groups is 1. The fourth-order valence-electron chi connectivity index (χ4n) is 3.71. The Labute approximate surface area is 156 Å². The van der Waals surface area contributed by atoms with Crippen LogP contribution in [0.2, 0.25) is 0 Å². The van der Waals surface area contributed by atoms with Crippen molar-refractivity contribution < 1.29 is 4.79 Å². The maximum atomic E-state index is 12.4. The maximum Gasteiger partial charge on any atom is 0.220 e. The molecule has 1 aromatic carbocycles. The SMILES string of the molecule is CC(NC(=O)CC(C)C1CCCNC1)c1ccc(-c2cccnc2)cc1. The molecule has 1 aliphatic heterocycles. The molecule has 2 heterocycles. The summed E-state index contributed by atoms with van der Waals surface area (Å²) >= 11 is 0. The first-order chi connectivity index (χ1) is 12.6. The summed E-state index contributed by atoms with van der Waals surface area (Å²) in [5.74, 6) is 1.18. The molecule has 1 aliphatic rings. The molecule has 0 bridgehead atoms. The molecule has 2 N–H and O–H groups in total. The fraction of sp³-hybridized carbons (Fsp3) is 0.455. The lowest BCUT2D eigenvalue weighted by Crippen LogP contribution is -2.36. The largest absolute Gasteiger partial charge is 0.350 e. The van der Waals surface area contributed by atoms with E-state index in [0.29, 0.717) is 18.3 Å². The van der Waals surface area contributed by atoms with Gasteiger partial charge in [0.2, 0.25) is 5.91 Å². The van der Waals surface area contributed by atoms with Crippen molar-refractivity contribution in [3.63, 3.8) is 0 Å². The van der Waals surface area contributed by atoms with Crippen LogP contribution in [-0.2, 0) is 4.79 Å². The van der Waals surface area contributed by atoms with Gasteiger partial charge < -0.3 is 10.6 Å². The number of piperidine rings is 1. The third-order valence-electron chi connectivity index (χ3n) is 5.43. The van der Waals surface area contributed by atoms with Gasteiger partial charge >= 0.3 is 0 Å². The van der Waals surface area contributed by atoms with Crippen LogP contribution in [0.25, 0.3) is 11.1 Å². The van der Waals surface area contributed by atoms with Crippen LogP contribution in [0.4, 0.5) is 0 Å². The van der Waals surface area contributed by atoms with Crippen molar-refractivity contribution in [2.24, 2.45) is 11.8 Å². The molecular weight excluding hydrogens is 322 g/mol. The molecule has 3 rings (SSSR count). The predicted molar refractivity (Wildman–Crippen MR) is 106 cm³/mol. The Bertz CT molecular complexity index is 693. The van der Waals surface area contributed by atoms with E-state index < -0.39 is 0 Å². The number of pyridine rings is 1. The van der Waals surface area contributed by atoms with Gasteiger partial charge in [-0.05, 0) is 67.4 Å². The Morgan fingerprint density at radius 1 is 1.23 bits per heavy atom. The summed E-state index contributed by atoms with van der Waals surface area (Å²) in [4.78, 5) is 16.6. The van der Waals surface area contributed by atoms with E-state index in [0.717, 1.165) is 29.8 Å². The van der Waals surface area contributed by atoms with Gasteiger partial charge in [-0.3, -0.25) is 9.78 Å². The quantitative estimate of drug-likeness (QED) is 0.828. The van der Waals surface area contributed by atoms with Gasteiger partial charge in [0, 0.05) is 18.8 Å². The van der Waals surface area contributed by atoms with Crippen LogP contribution in [0, 0.1) is 11.8 Å². The topological polar surface area (TPSA) is 54.0 Å². The van der Waals surface area contributed by atoms with Gasteiger partial charge in [0.25, 0.3) is 0 Å². The lowest BCUT2D eigenvalue weighted by atomic mass is 9.85. The Morgan fingerprint density at radius 2 is 2.04 bits per heavy atom. The molecule has 1 amide bonds. The molecule has 2 aromatic rings. The summed E-state index contributed by atoms with van der Waals surface area (Å²) in [6.07, 6.45) is 6.69. The van der Waals surface area contributed by atoms with Gasteiger partial charge in [-0.15, -0.1) is 0 Å². The average molecular weight is 351 g/mol. The van der Waals surface area contributed by atoms with Crippen LogP contribution in [0.15, 0.2) is 48.8 Å². The second-order valence-electron chi connectivity index (χ2n) is 7.44. The molecule has 3 unspecified atom stereocenters. The number of aromatic nitrogens is 1. The van der Waals surface area contributed by atoms with Gasteiger partial charge in [-0.1, -0.05) is 37.3 Å². The molecule has 4 nitrogen and oxygen atoms in total. The predicted octanol–water partition coefficient (Wildman–Crippen LogP) is 3.95. The summed E-state index contributed by atoms with van der Waals surface area (Å²) in [5, 5.41) is 6.59. The number of hydrogen-bond donors (Lipinski definition) is 2. The van der Waals surface area contributed by atoms with Crippen LogP contribution in [-0.4, -0.2) is 24.0 Å². The first-order valence-corrected chi connectivity index (χ1v) is 9.64. The molecule has 1 saturated heterocycles. The summed E-state index contributed by atoms with van der Waals surface area (Å²) in [7, 11) is 0. The van der Waals surface area contributed by atoms with Gasteiger partial charge in [-0.25, -0.2) is 0 Å². The van der Waals surface area contributed by atoms with Crippen molar-refractivity contribution in [1.82, 2.24) is 15.6 Å². The molecule has 1 aromatic heterocycles. The molecule has 0 radical (unpaired) electrons. The second-order valence-corrected chi connectivity index (χ2v) is 7.44. The van der Waals surface area contributed by atoms with Crippen molar-refractivity contribution >= 4 is 5.91 Å². The number of rotatable bonds is 6. The average Bonchev–Trinajstić information content (AvgIpc) is 2.69. The van der Waals surface area contributed by atoms with Crippen LogP contribution >= 0.6 is 0 Å². The number of carbonyl (C=O) groups excluding carboxylic acids is 1. The summed E-state index contributed by atoms with van der Waals surface area (Å²) in [6.45, 7) is 6.40. The molecule has 138 valence electrons. The third kappa shape index (κ3) is 4.92. The standard InChI is InChI=1S/C22H29N3O/c1-16(20-5-3-11-23-14-20)13-22(26)25-17(2)18-7-9-19(10-8-18)21-6-4-12-24-15-21/h4,6-10,12,15-17,20,23H,3,5,11,13-14H2,1-2H3,(H,25,26). The molecule has 0 saturated carbocycles. The summed E-state index contributed by atoms with van der Waals surface area (Å²) in [6, 6.07) is 12.4. The summed E-state index contributed by atoms with van der Waals surface area (Å²) < 4.78 is 0. The minimum absolute atomic E-state index is 0.0159. The van der Waals surface area contributed by atoms with E-state index in [1.165, 1.54) is 12.8 Å². The fourth-order valence-corrected chi connectivity index (χ4v) is 3.71. The van der Waals surface area contributed by atoms with Crippen LogP contribution in [0.5, 0.6) is 0 Å². The lowest BCUT2D eigenvalue weighted by Gasteiger charge is -2.28. The van der Waals surface area contributed by atoms with Gasteiger partial charge in [-0.2, -0.15) is 0 Å². The number of nitrogens with zero attached hydrogens (tertiary/aromatic N) is 1. The molecular formula is C22H29N3O. The van der Waals surface area contributed by atoms with E-state index in [4.69, 9.17) is 0 Å². The van der Waals surface area contributed by atoms with E-state index >= 15 is 0 Å². The maximum absolute atomic E-state index is 12.4. The number of amides is 1. The van der Waals surface area contributed by atoms with E-state index in [1.54, 1.807) is 6.20 Å². The first-order valence-electron chi connectivity index (χ1n) is 9.64. The van der Waals surface area contributed by atoms with Gasteiger partial charge in [0.15, 0.2) is 0 Å². The molecule has 26 heavy (non-hydrogen) atoms. The van der Waals surface area contributed by atoms with E-state index in [2.05, 4.69) is 52.9 Å². The zero-order valence-corrected chi connectivity index (χ0v) is 15.7. The van der Waals surface area contributed by atoms with Crippen molar-refractivity contribution in [3.05, 3.63) is 54.4 Å². The normalized spacial score (nSPS) is 19.5. The van der Waals surface area contributed by atoms with Crippen molar-refractivity contribution in [2.75, 3.05) is 13.1 Å². The summed E-state index contributed by atoms with van der Waals surface area (Å²) in [5.41, 5.74) is 3.36. The number of hydrogen-bond acceptors (Lipinski definition) is 3. The first kappa shape index (κ1) is 18.6. The zero-order valence-electron chi connectivity index (χ0n) is 15.7. The number of benzene rings is 1. The Kier molecular flexibility index (Phi) is 6.40. The van der Waals surface area contributed by atoms with E-state index in [-0.39, 0.29) is 11.9 Å². The minimum atomic E-state index is 0.0159. The van der Waals surface area contributed by atoms with Crippen LogP contribution < -0.4 is 10.6 Å². The zero-order chi connectivity index (χ0) is 18.4. The van der Waals surface area contributed by atoms with E-state index in [1.807, 2.05) is 19.2 Å². The molecule has 1 fully saturated rings.